The molecule has 2 aromatic carbocycles. The van der Waals surface area contributed by atoms with Crippen molar-refractivity contribution in [3.63, 3.8) is 0 Å². The molecular formula is C27H30FN3O2. The molecule has 1 N–H and O–H groups in total. The molecule has 6 heteroatoms. The van der Waals surface area contributed by atoms with Crippen LogP contribution in [0, 0.1) is 11.7 Å². The van der Waals surface area contributed by atoms with Gasteiger partial charge in [-0.15, -0.1) is 0 Å². The molecule has 1 aliphatic rings. The van der Waals surface area contributed by atoms with Crippen molar-refractivity contribution in [1.82, 2.24) is 15.2 Å². The number of rotatable bonds is 8. The van der Waals surface area contributed by atoms with E-state index in [-0.39, 0.29) is 30.3 Å². The second-order valence-electron chi connectivity index (χ2n) is 8.57. The van der Waals surface area contributed by atoms with Gasteiger partial charge in [0.2, 0.25) is 5.91 Å². The maximum atomic E-state index is 13.2. The van der Waals surface area contributed by atoms with Crippen molar-refractivity contribution >= 4 is 5.91 Å². The van der Waals surface area contributed by atoms with Gasteiger partial charge in [-0.2, -0.15) is 0 Å². The molecule has 5 nitrogen and oxygen atoms in total. The molecule has 0 bridgehead atoms. The average molecular weight is 448 g/mol. The SMILES string of the molecule is COCC(=O)N[C@H](c1ccccn1)[C@@H]1CCCN(Cc2ccc(-c3ccc(F)cc3)cc2)C1. The van der Waals surface area contributed by atoms with E-state index in [1.807, 2.05) is 18.2 Å². The predicted molar refractivity (Wildman–Crippen MR) is 127 cm³/mol. The molecular weight excluding hydrogens is 417 g/mol. The monoisotopic (exact) mass is 447 g/mol. The van der Waals surface area contributed by atoms with Gasteiger partial charge < -0.3 is 10.1 Å². The Kier molecular flexibility index (Phi) is 7.81. The number of nitrogens with zero attached hydrogens (tertiary/aromatic N) is 2. The maximum Gasteiger partial charge on any atom is 0.246 e. The lowest BCUT2D eigenvalue weighted by Gasteiger charge is -2.37. The molecule has 2 heterocycles. The van der Waals surface area contributed by atoms with Crippen molar-refractivity contribution < 1.29 is 13.9 Å². The summed E-state index contributed by atoms with van der Waals surface area (Å²) >= 11 is 0. The zero-order chi connectivity index (χ0) is 23.0. The summed E-state index contributed by atoms with van der Waals surface area (Å²) in [6.07, 6.45) is 3.88. The van der Waals surface area contributed by atoms with E-state index >= 15 is 0 Å². The van der Waals surface area contributed by atoms with Crippen molar-refractivity contribution in [2.24, 2.45) is 5.92 Å². The molecule has 0 unspecified atom stereocenters. The highest BCUT2D eigenvalue weighted by molar-refractivity contribution is 5.77. The highest BCUT2D eigenvalue weighted by Gasteiger charge is 2.30. The Hall–Kier alpha value is -3.09. The quantitative estimate of drug-likeness (QED) is 0.548. The van der Waals surface area contributed by atoms with Gasteiger partial charge in [-0.05, 0) is 66.3 Å². The standard InChI is InChI=1S/C27H30FN3O2/c1-33-19-26(32)30-27(25-6-2-3-15-29-25)23-5-4-16-31(18-23)17-20-7-9-21(10-8-20)22-11-13-24(28)14-12-22/h2-3,6-15,23,27H,4-5,16-19H2,1H3,(H,30,32)/t23-,27+/m1/s1. The topological polar surface area (TPSA) is 54.5 Å². The smallest absolute Gasteiger partial charge is 0.246 e. The van der Waals surface area contributed by atoms with Gasteiger partial charge in [-0.3, -0.25) is 14.7 Å². The van der Waals surface area contributed by atoms with Crippen molar-refractivity contribution in [2.45, 2.75) is 25.4 Å². The molecule has 3 aromatic rings. The van der Waals surface area contributed by atoms with Gasteiger partial charge in [0, 0.05) is 26.4 Å². The zero-order valence-electron chi connectivity index (χ0n) is 18.9. The van der Waals surface area contributed by atoms with Gasteiger partial charge in [0.25, 0.3) is 0 Å². The lowest BCUT2D eigenvalue weighted by Crippen LogP contribution is -2.43. The molecule has 172 valence electrons. The summed E-state index contributed by atoms with van der Waals surface area (Å²) < 4.78 is 18.2. The Bertz CT molecular complexity index is 1030. The average Bonchev–Trinajstić information content (AvgIpc) is 2.84. The van der Waals surface area contributed by atoms with Crippen molar-refractivity contribution in [2.75, 3.05) is 26.8 Å². The lowest BCUT2D eigenvalue weighted by molar-refractivity contribution is -0.126. The second-order valence-corrected chi connectivity index (χ2v) is 8.57. The van der Waals surface area contributed by atoms with Crippen LogP contribution in [0.4, 0.5) is 4.39 Å². The van der Waals surface area contributed by atoms with Gasteiger partial charge in [-0.1, -0.05) is 42.5 Å². The molecule has 1 fully saturated rings. The highest BCUT2D eigenvalue weighted by Crippen LogP contribution is 2.30. The number of aromatic nitrogens is 1. The van der Waals surface area contributed by atoms with Crippen LogP contribution in [0.25, 0.3) is 11.1 Å². The fraction of sp³-hybridized carbons (Fsp3) is 0.333. The van der Waals surface area contributed by atoms with Gasteiger partial charge in [0.05, 0.1) is 11.7 Å². The molecule has 4 rings (SSSR count). The van der Waals surface area contributed by atoms with Crippen LogP contribution in [0.2, 0.25) is 0 Å². The minimum Gasteiger partial charge on any atom is -0.375 e. The lowest BCUT2D eigenvalue weighted by atomic mass is 9.88. The molecule has 0 aliphatic carbocycles. The van der Waals surface area contributed by atoms with E-state index in [0.29, 0.717) is 0 Å². The van der Waals surface area contributed by atoms with Gasteiger partial charge in [0.1, 0.15) is 12.4 Å². The molecule has 1 saturated heterocycles. The van der Waals surface area contributed by atoms with E-state index in [0.717, 1.165) is 49.3 Å². The Morgan fingerprint density at radius 3 is 2.52 bits per heavy atom. The number of pyridine rings is 1. The summed E-state index contributed by atoms with van der Waals surface area (Å²) in [5.41, 5.74) is 4.20. The van der Waals surface area contributed by atoms with Crippen LogP contribution >= 0.6 is 0 Å². The third-order valence-corrected chi connectivity index (χ3v) is 6.15. The zero-order valence-corrected chi connectivity index (χ0v) is 18.9. The summed E-state index contributed by atoms with van der Waals surface area (Å²) in [6.45, 7) is 2.80. The number of hydrogen-bond acceptors (Lipinski definition) is 4. The number of likely N-dealkylation sites (tertiary alicyclic amines) is 1. The fourth-order valence-corrected chi connectivity index (χ4v) is 4.55. The highest BCUT2D eigenvalue weighted by atomic mass is 19.1. The number of piperidine rings is 1. The first kappa shape index (κ1) is 23.1. The number of methoxy groups -OCH3 is 1. The minimum absolute atomic E-state index is 0.0418. The van der Waals surface area contributed by atoms with Crippen LogP contribution in [-0.2, 0) is 16.1 Å². The normalized spacial score (nSPS) is 17.5. The number of carbonyl (C=O) groups is 1. The van der Waals surface area contributed by atoms with E-state index in [1.54, 1.807) is 18.3 Å². The maximum absolute atomic E-state index is 13.2. The van der Waals surface area contributed by atoms with Crippen LogP contribution < -0.4 is 5.32 Å². The number of halogens is 1. The molecule has 2 atom stereocenters. The molecule has 1 aromatic heterocycles. The molecule has 0 spiro atoms. The Labute approximate surface area is 194 Å². The van der Waals surface area contributed by atoms with Crippen molar-refractivity contribution in [3.8, 4) is 11.1 Å². The first-order chi connectivity index (χ1) is 16.1. The minimum atomic E-state index is -0.225. The summed E-state index contributed by atoms with van der Waals surface area (Å²) in [5.74, 6) is -0.0768. The largest absolute Gasteiger partial charge is 0.375 e. The van der Waals surface area contributed by atoms with Crippen LogP contribution in [0.1, 0.15) is 30.1 Å². The molecule has 0 saturated carbocycles. The number of benzene rings is 2. The van der Waals surface area contributed by atoms with Gasteiger partial charge in [0.15, 0.2) is 0 Å². The number of amides is 1. The van der Waals surface area contributed by atoms with E-state index in [2.05, 4.69) is 39.5 Å². The third-order valence-electron chi connectivity index (χ3n) is 6.15. The molecule has 33 heavy (non-hydrogen) atoms. The Morgan fingerprint density at radius 2 is 1.85 bits per heavy atom. The first-order valence-corrected chi connectivity index (χ1v) is 11.4. The number of ether oxygens (including phenoxy) is 1. The summed E-state index contributed by atoms with van der Waals surface area (Å²) in [7, 11) is 1.53. The number of nitrogens with one attached hydrogen (secondary N) is 1. The first-order valence-electron chi connectivity index (χ1n) is 11.4. The van der Waals surface area contributed by atoms with Crippen LogP contribution in [-0.4, -0.2) is 42.6 Å². The summed E-state index contributed by atoms with van der Waals surface area (Å²) in [6, 6.07) is 20.7. The van der Waals surface area contributed by atoms with Crippen LogP contribution in [0.3, 0.4) is 0 Å². The van der Waals surface area contributed by atoms with E-state index in [1.165, 1.54) is 24.8 Å². The Balaban J connectivity index is 1.43. The van der Waals surface area contributed by atoms with E-state index in [9.17, 15) is 9.18 Å². The number of carbonyl (C=O) groups excluding carboxylic acids is 1. The number of hydrogen-bond donors (Lipinski definition) is 1. The summed E-state index contributed by atoms with van der Waals surface area (Å²) in [5, 5.41) is 3.14. The molecule has 1 amide bonds. The summed E-state index contributed by atoms with van der Waals surface area (Å²) in [4.78, 5) is 19.3. The Morgan fingerprint density at radius 1 is 1.12 bits per heavy atom. The van der Waals surface area contributed by atoms with Crippen molar-refractivity contribution in [1.29, 1.82) is 0 Å². The van der Waals surface area contributed by atoms with Gasteiger partial charge in [-0.25, -0.2) is 4.39 Å². The molecule has 0 radical (unpaired) electrons. The molecule has 1 aliphatic heterocycles. The van der Waals surface area contributed by atoms with Crippen LogP contribution in [0.15, 0.2) is 72.9 Å². The third kappa shape index (κ3) is 6.24. The van der Waals surface area contributed by atoms with Crippen molar-refractivity contribution in [3.05, 3.63) is 90.0 Å². The van der Waals surface area contributed by atoms with E-state index < -0.39 is 0 Å². The van der Waals surface area contributed by atoms with E-state index in [4.69, 9.17) is 4.74 Å². The van der Waals surface area contributed by atoms with Gasteiger partial charge >= 0.3 is 0 Å². The fourth-order valence-electron chi connectivity index (χ4n) is 4.55. The van der Waals surface area contributed by atoms with Crippen LogP contribution in [0.5, 0.6) is 0 Å². The predicted octanol–water partition coefficient (Wildman–Crippen LogP) is 4.60. The second kappa shape index (κ2) is 11.2.